The van der Waals surface area contributed by atoms with Gasteiger partial charge in [-0.2, -0.15) is 0 Å². The number of nitrogens with zero attached hydrogens (tertiary/aromatic N) is 2. The van der Waals surface area contributed by atoms with E-state index in [9.17, 15) is 4.21 Å². The van der Waals surface area contributed by atoms with E-state index < -0.39 is 0 Å². The summed E-state index contributed by atoms with van der Waals surface area (Å²) in [5, 5.41) is 6.25. The number of rotatable bonds is 11. The van der Waals surface area contributed by atoms with E-state index in [1.54, 1.807) is 34.0 Å². The Kier molecular flexibility index (Phi) is 9.28. The molecule has 0 aliphatic rings. The van der Waals surface area contributed by atoms with Crippen LogP contribution >= 0.6 is 57.1 Å². The zero-order chi connectivity index (χ0) is 33.3. The van der Waals surface area contributed by atoms with E-state index in [2.05, 4.69) is 77.5 Å². The number of anilines is 2. The van der Waals surface area contributed by atoms with Crippen molar-refractivity contribution in [3.05, 3.63) is 107 Å². The second kappa shape index (κ2) is 14.1. The minimum Gasteiger partial charge on any atom is -0.397 e. The lowest BCUT2D eigenvalue weighted by Crippen LogP contribution is -1.91. The number of thiophene rings is 4. The molecule has 2 aromatic carbocycles. The van der Waals surface area contributed by atoms with Crippen LogP contribution in [0.15, 0.2) is 110 Å². The number of fused-ring (bicyclic) bond motifs is 2. The van der Waals surface area contributed by atoms with Crippen molar-refractivity contribution >= 4 is 101 Å². The predicted octanol–water partition coefficient (Wildman–Crippen LogP) is 11.8. The Morgan fingerprint density at radius 3 is 2.00 bits per heavy atom. The Labute approximate surface area is 308 Å². The Hall–Kier alpha value is -3.97. The molecule has 0 aliphatic heterocycles. The first-order chi connectivity index (χ1) is 24.1. The largest absolute Gasteiger partial charge is 0.519 e. The number of pyridine rings is 2. The van der Waals surface area contributed by atoms with Gasteiger partial charge in [-0.25, -0.2) is 9.97 Å². The van der Waals surface area contributed by atoms with E-state index in [0.717, 1.165) is 98.7 Å². The SMILES string of the molecule is Nc1c(SCCCCc2csc(-c3cc(-c4ccccc4)c4c(N)c([S+]=O)sc4n3)c2)sc2nc(-c3cccs3)cc(-c3ccccc3)c12. The summed E-state index contributed by atoms with van der Waals surface area (Å²) in [7, 11) is 0. The molecule has 49 heavy (non-hydrogen) atoms. The molecule has 11 heteroatoms. The Balaban J connectivity index is 0.972. The lowest BCUT2D eigenvalue weighted by atomic mass is 10.0. The van der Waals surface area contributed by atoms with Gasteiger partial charge in [0.05, 0.1) is 31.0 Å². The maximum absolute atomic E-state index is 11.7. The minimum absolute atomic E-state index is 0.439. The van der Waals surface area contributed by atoms with Crippen molar-refractivity contribution in [3.8, 4) is 43.4 Å². The third-order valence-electron chi connectivity index (χ3n) is 8.35. The Morgan fingerprint density at radius 2 is 1.35 bits per heavy atom. The maximum atomic E-state index is 11.7. The summed E-state index contributed by atoms with van der Waals surface area (Å²) >= 11 is 8.77. The molecule has 0 saturated carbocycles. The molecule has 0 unspecified atom stereocenters. The smallest absolute Gasteiger partial charge is 0.397 e. The Morgan fingerprint density at radius 1 is 0.694 bits per heavy atom. The van der Waals surface area contributed by atoms with Crippen molar-refractivity contribution in [1.82, 2.24) is 9.97 Å². The van der Waals surface area contributed by atoms with Gasteiger partial charge in [-0.05, 0) is 99.2 Å². The summed E-state index contributed by atoms with van der Waals surface area (Å²) in [6, 6.07) is 31.4. The van der Waals surface area contributed by atoms with E-state index in [1.807, 2.05) is 36.0 Å². The van der Waals surface area contributed by atoms with Gasteiger partial charge < -0.3 is 11.5 Å². The molecule has 6 heterocycles. The second-order valence-corrected chi connectivity index (χ2v) is 17.5. The average Bonchev–Trinajstić information content (AvgIpc) is 3.96. The summed E-state index contributed by atoms with van der Waals surface area (Å²) in [6.07, 6.45) is 3.16. The minimum atomic E-state index is 0.439. The highest BCUT2D eigenvalue weighted by Crippen LogP contribution is 2.46. The fraction of sp³-hybridized carbons (Fsp3) is 0.105. The van der Waals surface area contributed by atoms with Gasteiger partial charge in [0.15, 0.2) is 0 Å². The molecule has 8 rings (SSSR count). The third kappa shape index (κ3) is 6.42. The van der Waals surface area contributed by atoms with Crippen LogP contribution in [-0.4, -0.2) is 15.7 Å². The molecule has 0 aliphatic carbocycles. The van der Waals surface area contributed by atoms with Crippen LogP contribution in [-0.2, 0) is 22.3 Å². The van der Waals surface area contributed by atoms with Crippen LogP contribution in [0.5, 0.6) is 0 Å². The number of unbranched alkanes of at least 4 members (excludes halogenated alkanes) is 1. The van der Waals surface area contributed by atoms with E-state index in [0.29, 0.717) is 21.6 Å². The number of benzene rings is 2. The summed E-state index contributed by atoms with van der Waals surface area (Å²) in [5.74, 6) is 0.991. The van der Waals surface area contributed by atoms with Gasteiger partial charge in [0.25, 0.3) is 0 Å². The molecule has 5 nitrogen and oxygen atoms in total. The van der Waals surface area contributed by atoms with Gasteiger partial charge >= 0.3 is 15.9 Å². The number of nitrogens with two attached hydrogens (primary N) is 2. The van der Waals surface area contributed by atoms with Crippen LogP contribution in [0.1, 0.15) is 18.4 Å². The lowest BCUT2D eigenvalue weighted by molar-refractivity contribution is 0.606. The number of hydrogen-bond donors (Lipinski definition) is 2. The monoisotopic (exact) mass is 749 g/mol. The fourth-order valence-corrected chi connectivity index (χ4v) is 11.4. The van der Waals surface area contributed by atoms with E-state index in [-0.39, 0.29) is 0 Å². The summed E-state index contributed by atoms with van der Waals surface area (Å²) < 4.78 is 13.5. The lowest BCUT2D eigenvalue weighted by Gasteiger charge is -2.08. The molecule has 8 aromatic rings. The fourth-order valence-electron chi connectivity index (χ4n) is 5.98. The molecular formula is C38H29N4OS6+. The van der Waals surface area contributed by atoms with Crippen molar-refractivity contribution in [2.45, 2.75) is 27.7 Å². The van der Waals surface area contributed by atoms with Gasteiger partial charge in [0, 0.05) is 15.0 Å². The molecule has 242 valence electrons. The van der Waals surface area contributed by atoms with Crippen molar-refractivity contribution in [1.29, 1.82) is 0 Å². The number of nitrogen functional groups attached to an aromatic ring is 2. The highest BCUT2D eigenvalue weighted by Gasteiger charge is 2.25. The van der Waals surface area contributed by atoms with E-state index >= 15 is 0 Å². The van der Waals surface area contributed by atoms with Crippen molar-refractivity contribution in [2.75, 3.05) is 17.2 Å². The summed E-state index contributed by atoms with van der Waals surface area (Å²) in [6.45, 7) is 0. The van der Waals surface area contributed by atoms with Crippen LogP contribution in [0.3, 0.4) is 0 Å². The molecule has 0 fully saturated rings. The summed E-state index contributed by atoms with van der Waals surface area (Å²) in [5.41, 5.74) is 22.2. The topological polar surface area (TPSA) is 94.9 Å². The molecule has 6 aromatic heterocycles. The normalized spacial score (nSPS) is 11.5. The Bertz CT molecular complexity index is 2410. The predicted molar refractivity (Wildman–Crippen MR) is 216 cm³/mol. The molecule has 0 amide bonds. The van der Waals surface area contributed by atoms with Crippen molar-refractivity contribution in [3.63, 3.8) is 0 Å². The maximum Gasteiger partial charge on any atom is 0.519 e. The zero-order valence-corrected chi connectivity index (χ0v) is 30.9. The molecular weight excluding hydrogens is 721 g/mol. The molecule has 0 saturated heterocycles. The second-order valence-electron chi connectivity index (χ2n) is 11.5. The molecule has 0 bridgehead atoms. The summed E-state index contributed by atoms with van der Waals surface area (Å²) in [4.78, 5) is 14.1. The number of aryl methyl sites for hydroxylation is 1. The van der Waals surface area contributed by atoms with Gasteiger partial charge in [-0.1, -0.05) is 66.7 Å². The van der Waals surface area contributed by atoms with Crippen LogP contribution in [0, 0.1) is 0 Å². The van der Waals surface area contributed by atoms with Crippen LogP contribution in [0.2, 0.25) is 0 Å². The first-order valence-corrected chi connectivity index (χ1v) is 20.8. The van der Waals surface area contributed by atoms with Crippen LogP contribution in [0.25, 0.3) is 63.8 Å². The molecule has 4 N–H and O–H groups in total. The van der Waals surface area contributed by atoms with Crippen molar-refractivity contribution < 1.29 is 4.21 Å². The standard InChI is InChI=1S/C38H29N4OS6/c39-33-31-25(23-11-3-1-4-12-23)19-27(29-15-9-17-44-29)41-35(31)47-37(33)45-16-8-7-10-22-18-30(46-21-22)28-20-26(24-13-5-2-6-14-24)32-34(40)38(49-43)48-36(32)42-28/h1-6,9,11-15,17-21H,7-8,10,16,39-40H2/q+1. The molecule has 0 atom stereocenters. The van der Waals surface area contributed by atoms with Gasteiger partial charge in [0.2, 0.25) is 0 Å². The average molecular weight is 750 g/mol. The van der Waals surface area contributed by atoms with E-state index in [1.165, 1.54) is 16.9 Å². The number of hydrogen-bond acceptors (Lipinski definition) is 10. The highest BCUT2D eigenvalue weighted by atomic mass is 32.2. The van der Waals surface area contributed by atoms with Crippen molar-refractivity contribution in [2.24, 2.45) is 0 Å². The zero-order valence-electron chi connectivity index (χ0n) is 26.1. The van der Waals surface area contributed by atoms with Crippen LogP contribution < -0.4 is 11.5 Å². The third-order valence-corrected chi connectivity index (χ3v) is 14.4. The number of aromatic nitrogens is 2. The van der Waals surface area contributed by atoms with Gasteiger partial charge in [-0.15, -0.1) is 45.8 Å². The quantitative estimate of drug-likeness (QED) is 0.0777. The molecule has 0 spiro atoms. The van der Waals surface area contributed by atoms with E-state index in [4.69, 9.17) is 21.4 Å². The van der Waals surface area contributed by atoms with Crippen LogP contribution in [0.4, 0.5) is 11.4 Å². The first kappa shape index (κ1) is 32.2. The van der Waals surface area contributed by atoms with Gasteiger partial charge in [-0.3, -0.25) is 0 Å². The number of thioether (sulfide) groups is 1. The highest BCUT2D eigenvalue weighted by molar-refractivity contribution is 8.01. The molecule has 0 radical (unpaired) electrons. The first-order valence-electron chi connectivity index (χ1n) is 15.7. The van der Waals surface area contributed by atoms with Gasteiger partial charge in [0.1, 0.15) is 15.3 Å².